The summed E-state index contributed by atoms with van der Waals surface area (Å²) in [5, 5.41) is 10.8. The van der Waals surface area contributed by atoms with Crippen molar-refractivity contribution in [3.63, 3.8) is 0 Å². The molecule has 30 heavy (non-hydrogen) atoms. The molecule has 0 aliphatic carbocycles. The van der Waals surface area contributed by atoms with Crippen molar-refractivity contribution in [3.8, 4) is 5.75 Å². The topological polar surface area (TPSA) is 93.0 Å². The number of benzene rings is 2. The molecule has 0 N–H and O–H groups in total. The third-order valence-electron chi connectivity index (χ3n) is 5.07. The van der Waals surface area contributed by atoms with Gasteiger partial charge in [0.15, 0.2) is 6.61 Å². The van der Waals surface area contributed by atoms with Crippen molar-refractivity contribution in [1.29, 1.82) is 0 Å². The number of ether oxygens (including phenoxy) is 1. The first-order valence-electron chi connectivity index (χ1n) is 9.99. The van der Waals surface area contributed by atoms with Gasteiger partial charge in [-0.2, -0.15) is 0 Å². The van der Waals surface area contributed by atoms with Crippen LogP contribution < -0.4 is 4.74 Å². The summed E-state index contributed by atoms with van der Waals surface area (Å²) in [6.07, 6.45) is 2.18. The minimum Gasteiger partial charge on any atom is -0.484 e. The molecule has 158 valence electrons. The molecule has 0 bridgehead atoms. The number of aryl methyl sites for hydroxylation is 1. The van der Waals surface area contributed by atoms with Crippen molar-refractivity contribution in [3.05, 3.63) is 70.3 Å². The zero-order chi connectivity index (χ0) is 21.3. The number of piperazine rings is 1. The smallest absolute Gasteiger partial charge is 0.273 e. The van der Waals surface area contributed by atoms with Gasteiger partial charge in [-0.1, -0.05) is 36.4 Å². The van der Waals surface area contributed by atoms with Crippen LogP contribution in [0.5, 0.6) is 5.75 Å². The number of hydrogen-bond donors (Lipinski definition) is 0. The molecule has 0 aromatic heterocycles. The van der Waals surface area contributed by atoms with E-state index in [1.165, 1.54) is 23.8 Å². The third-order valence-corrected chi connectivity index (χ3v) is 5.07. The molecule has 1 saturated heterocycles. The first-order chi connectivity index (χ1) is 14.5. The zero-order valence-electron chi connectivity index (χ0n) is 16.7. The van der Waals surface area contributed by atoms with Gasteiger partial charge in [0, 0.05) is 38.7 Å². The lowest BCUT2D eigenvalue weighted by atomic mass is 10.1. The molecule has 8 nitrogen and oxygen atoms in total. The molecule has 2 aromatic carbocycles. The normalized spacial score (nSPS) is 13.7. The van der Waals surface area contributed by atoms with Crippen molar-refractivity contribution in [2.75, 3.05) is 32.8 Å². The molecule has 1 aliphatic heterocycles. The van der Waals surface area contributed by atoms with Crippen LogP contribution in [0.1, 0.15) is 18.4 Å². The highest BCUT2D eigenvalue weighted by Gasteiger charge is 2.24. The fraction of sp³-hybridized carbons (Fsp3) is 0.364. The molecule has 0 unspecified atom stereocenters. The summed E-state index contributed by atoms with van der Waals surface area (Å²) in [5.41, 5.74) is 1.14. The Labute approximate surface area is 175 Å². The fourth-order valence-electron chi connectivity index (χ4n) is 3.37. The molecule has 0 spiro atoms. The molecule has 1 aliphatic rings. The summed E-state index contributed by atoms with van der Waals surface area (Å²) in [4.78, 5) is 38.5. The lowest BCUT2D eigenvalue weighted by Crippen LogP contribution is -2.51. The van der Waals surface area contributed by atoms with Crippen LogP contribution in [0, 0.1) is 10.1 Å². The molecule has 2 aromatic rings. The molecule has 0 radical (unpaired) electrons. The van der Waals surface area contributed by atoms with Crippen LogP contribution >= 0.6 is 0 Å². The first kappa shape index (κ1) is 21.3. The quantitative estimate of drug-likeness (QED) is 0.492. The molecule has 3 rings (SSSR count). The molecular weight excluding hydrogens is 386 g/mol. The monoisotopic (exact) mass is 411 g/mol. The van der Waals surface area contributed by atoms with Gasteiger partial charge in [0.2, 0.25) is 5.91 Å². The van der Waals surface area contributed by atoms with E-state index in [0.717, 1.165) is 12.8 Å². The number of carbonyl (C=O) groups excluding carboxylic acids is 2. The summed E-state index contributed by atoms with van der Waals surface area (Å²) in [5.74, 6) is 0.202. The summed E-state index contributed by atoms with van der Waals surface area (Å²) < 4.78 is 5.41. The number of rotatable bonds is 8. The Morgan fingerprint density at radius 3 is 2.27 bits per heavy atom. The van der Waals surface area contributed by atoms with E-state index < -0.39 is 4.92 Å². The number of non-ortho nitro benzene ring substituents is 1. The van der Waals surface area contributed by atoms with Gasteiger partial charge in [-0.05, 0) is 24.5 Å². The maximum absolute atomic E-state index is 12.4. The van der Waals surface area contributed by atoms with E-state index in [0.29, 0.717) is 32.6 Å². The lowest BCUT2D eigenvalue weighted by Gasteiger charge is -2.34. The van der Waals surface area contributed by atoms with Gasteiger partial charge in [0.25, 0.3) is 11.6 Å². The molecular formula is C22H25N3O5. The van der Waals surface area contributed by atoms with E-state index in [4.69, 9.17) is 4.74 Å². The van der Waals surface area contributed by atoms with Crippen LogP contribution in [-0.2, 0) is 16.0 Å². The van der Waals surface area contributed by atoms with E-state index in [1.54, 1.807) is 15.9 Å². The van der Waals surface area contributed by atoms with Crippen LogP contribution in [0.4, 0.5) is 5.69 Å². The van der Waals surface area contributed by atoms with Gasteiger partial charge in [0.05, 0.1) is 11.0 Å². The number of nitro benzene ring substituents is 1. The first-order valence-corrected chi connectivity index (χ1v) is 9.99. The van der Waals surface area contributed by atoms with E-state index in [-0.39, 0.29) is 29.9 Å². The number of carbonyl (C=O) groups is 2. The maximum Gasteiger partial charge on any atom is 0.273 e. The van der Waals surface area contributed by atoms with Crippen LogP contribution in [0.3, 0.4) is 0 Å². The molecule has 1 fully saturated rings. The summed E-state index contributed by atoms with van der Waals surface area (Å²) in [6.45, 7) is 1.74. The lowest BCUT2D eigenvalue weighted by molar-refractivity contribution is -0.384. The molecule has 8 heteroatoms. The Morgan fingerprint density at radius 2 is 1.60 bits per heavy atom. The number of nitrogens with zero attached hydrogens (tertiary/aromatic N) is 3. The van der Waals surface area contributed by atoms with Crippen LogP contribution in [0.2, 0.25) is 0 Å². The van der Waals surface area contributed by atoms with Crippen molar-refractivity contribution < 1.29 is 19.2 Å². The van der Waals surface area contributed by atoms with Gasteiger partial charge in [-0.3, -0.25) is 19.7 Å². The standard InChI is InChI=1S/C22H25N3O5/c26-21(11-4-8-18-6-2-1-3-7-18)23-12-14-24(15-13-23)22(27)17-30-20-10-5-9-19(16-20)25(28)29/h1-3,5-7,9-10,16H,4,8,11-15,17H2. The zero-order valence-corrected chi connectivity index (χ0v) is 16.7. The Hall–Kier alpha value is -3.42. The van der Waals surface area contributed by atoms with Crippen LogP contribution in [-0.4, -0.2) is 59.3 Å². The van der Waals surface area contributed by atoms with Crippen molar-refractivity contribution in [1.82, 2.24) is 9.80 Å². The molecule has 2 amide bonds. The van der Waals surface area contributed by atoms with Gasteiger partial charge in [-0.15, -0.1) is 0 Å². The average molecular weight is 411 g/mol. The predicted octanol–water partition coefficient (Wildman–Crippen LogP) is 2.67. The Morgan fingerprint density at radius 1 is 0.933 bits per heavy atom. The second-order valence-electron chi connectivity index (χ2n) is 7.14. The van der Waals surface area contributed by atoms with E-state index in [2.05, 4.69) is 12.1 Å². The third kappa shape index (κ3) is 6.04. The highest BCUT2D eigenvalue weighted by Crippen LogP contribution is 2.19. The predicted molar refractivity (Wildman–Crippen MR) is 111 cm³/mol. The van der Waals surface area contributed by atoms with Crippen LogP contribution in [0.15, 0.2) is 54.6 Å². The van der Waals surface area contributed by atoms with Gasteiger partial charge in [-0.25, -0.2) is 0 Å². The highest BCUT2D eigenvalue weighted by molar-refractivity contribution is 5.79. The van der Waals surface area contributed by atoms with Crippen LogP contribution in [0.25, 0.3) is 0 Å². The fourth-order valence-corrected chi connectivity index (χ4v) is 3.37. The molecule has 0 saturated carbocycles. The Kier molecular flexibility index (Phi) is 7.37. The highest BCUT2D eigenvalue weighted by atomic mass is 16.6. The summed E-state index contributed by atoms with van der Waals surface area (Å²) in [7, 11) is 0. The van der Waals surface area contributed by atoms with Crippen molar-refractivity contribution >= 4 is 17.5 Å². The average Bonchev–Trinajstić information content (AvgIpc) is 2.78. The SMILES string of the molecule is O=C(CCCc1ccccc1)N1CCN(C(=O)COc2cccc([N+](=O)[O-])c2)CC1. The minimum atomic E-state index is -0.509. The van der Waals surface area contributed by atoms with Crippen molar-refractivity contribution in [2.24, 2.45) is 0 Å². The largest absolute Gasteiger partial charge is 0.484 e. The van der Waals surface area contributed by atoms with Gasteiger partial charge < -0.3 is 14.5 Å². The number of hydrogen-bond acceptors (Lipinski definition) is 5. The molecule has 1 heterocycles. The number of amides is 2. The Balaban J connectivity index is 1.38. The van der Waals surface area contributed by atoms with E-state index in [9.17, 15) is 19.7 Å². The Bertz CT molecular complexity index is 879. The number of nitro groups is 1. The van der Waals surface area contributed by atoms with Gasteiger partial charge >= 0.3 is 0 Å². The second kappa shape index (κ2) is 10.4. The summed E-state index contributed by atoms with van der Waals surface area (Å²) in [6, 6.07) is 15.8. The van der Waals surface area contributed by atoms with Crippen molar-refractivity contribution in [2.45, 2.75) is 19.3 Å². The molecule has 0 atom stereocenters. The van der Waals surface area contributed by atoms with E-state index >= 15 is 0 Å². The van der Waals surface area contributed by atoms with Gasteiger partial charge in [0.1, 0.15) is 5.75 Å². The second-order valence-corrected chi connectivity index (χ2v) is 7.14. The minimum absolute atomic E-state index is 0.0839. The summed E-state index contributed by atoms with van der Waals surface area (Å²) >= 11 is 0. The maximum atomic E-state index is 12.4. The van der Waals surface area contributed by atoms with E-state index in [1.807, 2.05) is 18.2 Å².